The number of halogens is 2. The van der Waals surface area contributed by atoms with Gasteiger partial charge in [0.15, 0.2) is 11.6 Å². The van der Waals surface area contributed by atoms with Gasteiger partial charge >= 0.3 is 0 Å². The lowest BCUT2D eigenvalue weighted by Crippen LogP contribution is -2.01. The van der Waals surface area contributed by atoms with E-state index < -0.39 is 11.6 Å². The van der Waals surface area contributed by atoms with Crippen molar-refractivity contribution >= 4 is 0 Å². The second kappa shape index (κ2) is 5.49. The molecular formula is C15H11F2NO. The lowest BCUT2D eigenvalue weighted by molar-refractivity contribution is 0.289. The first-order chi connectivity index (χ1) is 9.11. The molecule has 4 heteroatoms. The van der Waals surface area contributed by atoms with Gasteiger partial charge in [-0.05, 0) is 36.8 Å². The van der Waals surface area contributed by atoms with Crippen molar-refractivity contribution in [1.82, 2.24) is 0 Å². The molecule has 2 nitrogen and oxygen atoms in total. The summed E-state index contributed by atoms with van der Waals surface area (Å²) in [6.07, 6.45) is 0. The molecule has 0 aromatic heterocycles. The molecule has 0 amide bonds. The molecule has 0 spiro atoms. The lowest BCUT2D eigenvalue weighted by Gasteiger charge is -2.09. The summed E-state index contributed by atoms with van der Waals surface area (Å²) in [6.45, 7) is 1.58. The van der Waals surface area contributed by atoms with Gasteiger partial charge in [0.1, 0.15) is 12.4 Å². The van der Waals surface area contributed by atoms with Crippen LogP contribution in [0.1, 0.15) is 16.7 Å². The maximum atomic E-state index is 13.7. The minimum absolute atomic E-state index is 0.0545. The summed E-state index contributed by atoms with van der Waals surface area (Å²) >= 11 is 0. The molecule has 0 bridgehead atoms. The third-order valence-electron chi connectivity index (χ3n) is 2.73. The molecular weight excluding hydrogens is 248 g/mol. The number of aryl methyl sites for hydroxylation is 1. The van der Waals surface area contributed by atoms with Crippen LogP contribution in [0.5, 0.6) is 5.75 Å². The van der Waals surface area contributed by atoms with Crippen LogP contribution in [0.4, 0.5) is 8.78 Å². The Balaban J connectivity index is 2.21. The van der Waals surface area contributed by atoms with Crippen LogP contribution in [-0.2, 0) is 6.61 Å². The van der Waals surface area contributed by atoms with E-state index in [1.165, 1.54) is 24.3 Å². The first-order valence-corrected chi connectivity index (χ1v) is 5.68. The molecule has 0 unspecified atom stereocenters. The molecule has 0 saturated carbocycles. The highest BCUT2D eigenvalue weighted by molar-refractivity contribution is 5.38. The Morgan fingerprint density at radius 2 is 2.00 bits per heavy atom. The van der Waals surface area contributed by atoms with Crippen LogP contribution in [0.3, 0.4) is 0 Å². The van der Waals surface area contributed by atoms with Gasteiger partial charge in [0, 0.05) is 5.56 Å². The average Bonchev–Trinajstić information content (AvgIpc) is 2.40. The normalized spacial score (nSPS) is 10.0. The second-order valence-electron chi connectivity index (χ2n) is 4.09. The Hall–Kier alpha value is -2.41. The van der Waals surface area contributed by atoms with E-state index >= 15 is 0 Å². The van der Waals surface area contributed by atoms with Crippen molar-refractivity contribution in [3.8, 4) is 11.8 Å². The van der Waals surface area contributed by atoms with Crippen molar-refractivity contribution in [2.24, 2.45) is 0 Å². The lowest BCUT2D eigenvalue weighted by atomic mass is 10.1. The maximum Gasteiger partial charge on any atom is 0.167 e. The highest BCUT2D eigenvalue weighted by atomic mass is 19.1. The van der Waals surface area contributed by atoms with Gasteiger partial charge in [-0.25, -0.2) is 8.78 Å². The zero-order valence-corrected chi connectivity index (χ0v) is 10.3. The first-order valence-electron chi connectivity index (χ1n) is 5.68. The van der Waals surface area contributed by atoms with Crippen LogP contribution in [0, 0.1) is 29.9 Å². The summed E-state index contributed by atoms with van der Waals surface area (Å²) in [6, 6.07) is 10.5. The predicted molar refractivity (Wildman–Crippen MR) is 66.6 cm³/mol. The summed E-state index contributed by atoms with van der Waals surface area (Å²) in [7, 11) is 0. The molecule has 0 saturated heterocycles. The van der Waals surface area contributed by atoms with Gasteiger partial charge in [0.05, 0.1) is 11.6 Å². The van der Waals surface area contributed by atoms with Crippen LogP contribution < -0.4 is 4.74 Å². The highest BCUT2D eigenvalue weighted by Crippen LogP contribution is 2.21. The Morgan fingerprint density at radius 3 is 2.74 bits per heavy atom. The monoisotopic (exact) mass is 259 g/mol. The van der Waals surface area contributed by atoms with Gasteiger partial charge < -0.3 is 4.74 Å². The Kier molecular flexibility index (Phi) is 3.76. The van der Waals surface area contributed by atoms with Gasteiger partial charge in [0.25, 0.3) is 0 Å². The van der Waals surface area contributed by atoms with E-state index in [4.69, 9.17) is 10.00 Å². The van der Waals surface area contributed by atoms with Crippen molar-refractivity contribution in [3.63, 3.8) is 0 Å². The van der Waals surface area contributed by atoms with Gasteiger partial charge in [0.2, 0.25) is 0 Å². The van der Waals surface area contributed by atoms with Crippen molar-refractivity contribution in [1.29, 1.82) is 5.26 Å². The molecule has 2 rings (SSSR count). The number of nitriles is 1. The molecule has 0 aliphatic carbocycles. The molecule has 96 valence electrons. The second-order valence-corrected chi connectivity index (χ2v) is 4.09. The fourth-order valence-electron chi connectivity index (χ4n) is 1.68. The number of hydrogen-bond acceptors (Lipinski definition) is 2. The smallest absolute Gasteiger partial charge is 0.167 e. The minimum atomic E-state index is -0.456. The number of benzene rings is 2. The molecule has 2 aromatic carbocycles. The summed E-state index contributed by atoms with van der Waals surface area (Å²) in [4.78, 5) is 0. The molecule has 0 fully saturated rings. The van der Waals surface area contributed by atoms with Crippen molar-refractivity contribution < 1.29 is 13.5 Å². The average molecular weight is 259 g/mol. The number of nitrogens with zero attached hydrogens (tertiary/aromatic N) is 1. The topological polar surface area (TPSA) is 33.0 Å². The van der Waals surface area contributed by atoms with E-state index in [-0.39, 0.29) is 12.4 Å². The van der Waals surface area contributed by atoms with Gasteiger partial charge in [-0.1, -0.05) is 12.1 Å². The fourth-order valence-corrected chi connectivity index (χ4v) is 1.68. The summed E-state index contributed by atoms with van der Waals surface area (Å²) < 4.78 is 32.1. The van der Waals surface area contributed by atoms with Crippen molar-refractivity contribution in [3.05, 3.63) is 64.7 Å². The maximum absolute atomic E-state index is 13.7. The van der Waals surface area contributed by atoms with E-state index in [9.17, 15) is 8.78 Å². The van der Waals surface area contributed by atoms with Crippen LogP contribution >= 0.6 is 0 Å². The number of ether oxygens (including phenoxy) is 1. The molecule has 0 N–H and O–H groups in total. The van der Waals surface area contributed by atoms with Gasteiger partial charge in [-0.2, -0.15) is 5.26 Å². The molecule has 19 heavy (non-hydrogen) atoms. The molecule has 2 aromatic rings. The molecule has 0 aliphatic rings. The van der Waals surface area contributed by atoms with E-state index in [0.717, 1.165) is 0 Å². The van der Waals surface area contributed by atoms with E-state index in [2.05, 4.69) is 0 Å². The van der Waals surface area contributed by atoms with E-state index in [1.807, 2.05) is 6.07 Å². The predicted octanol–water partition coefficient (Wildman–Crippen LogP) is 3.72. The van der Waals surface area contributed by atoms with Gasteiger partial charge in [-0.3, -0.25) is 0 Å². The Morgan fingerprint density at radius 1 is 1.21 bits per heavy atom. The zero-order valence-electron chi connectivity index (χ0n) is 10.3. The zero-order chi connectivity index (χ0) is 13.8. The standard InChI is InChI=1S/C15H11F2NO/c1-10-3-2-4-14(15(10)17)19-9-12-7-13(16)6-5-11(12)8-18/h2-7H,9H2,1H3. The minimum Gasteiger partial charge on any atom is -0.486 e. The van der Waals surface area contributed by atoms with Crippen molar-refractivity contribution in [2.45, 2.75) is 13.5 Å². The Bertz CT molecular complexity index is 647. The summed E-state index contributed by atoms with van der Waals surface area (Å²) in [5.41, 5.74) is 1.18. The van der Waals surface area contributed by atoms with Crippen LogP contribution in [0.2, 0.25) is 0 Å². The van der Waals surface area contributed by atoms with E-state index in [0.29, 0.717) is 16.7 Å². The van der Waals surface area contributed by atoms with Gasteiger partial charge in [-0.15, -0.1) is 0 Å². The van der Waals surface area contributed by atoms with Crippen molar-refractivity contribution in [2.75, 3.05) is 0 Å². The van der Waals surface area contributed by atoms with Crippen LogP contribution in [-0.4, -0.2) is 0 Å². The molecule has 0 radical (unpaired) electrons. The molecule has 0 heterocycles. The highest BCUT2D eigenvalue weighted by Gasteiger charge is 2.08. The summed E-state index contributed by atoms with van der Waals surface area (Å²) in [5.74, 6) is -0.812. The van der Waals surface area contributed by atoms with Crippen LogP contribution in [0.15, 0.2) is 36.4 Å². The van der Waals surface area contributed by atoms with Crippen LogP contribution in [0.25, 0.3) is 0 Å². The van der Waals surface area contributed by atoms with E-state index in [1.54, 1.807) is 19.1 Å². The fraction of sp³-hybridized carbons (Fsp3) is 0.133. The third-order valence-corrected chi connectivity index (χ3v) is 2.73. The largest absolute Gasteiger partial charge is 0.486 e. The SMILES string of the molecule is Cc1cccc(OCc2cc(F)ccc2C#N)c1F. The third kappa shape index (κ3) is 2.89. The quantitative estimate of drug-likeness (QED) is 0.841. The first kappa shape index (κ1) is 13.0. The summed E-state index contributed by atoms with van der Waals surface area (Å²) in [5, 5.41) is 8.90. The Labute approximate surface area is 109 Å². The number of hydrogen-bond donors (Lipinski definition) is 0. The molecule has 0 aliphatic heterocycles. The number of rotatable bonds is 3. The molecule has 0 atom stereocenters.